The fourth-order valence-electron chi connectivity index (χ4n) is 6.37. The Morgan fingerprint density at radius 3 is 2.38 bits per heavy atom. The van der Waals surface area contributed by atoms with E-state index >= 15 is 0 Å². The lowest BCUT2D eigenvalue weighted by atomic mass is 9.81. The molecule has 3 heterocycles. The van der Waals surface area contributed by atoms with Gasteiger partial charge in [0.1, 0.15) is 17.2 Å². The van der Waals surface area contributed by atoms with Crippen molar-refractivity contribution in [1.29, 1.82) is 0 Å². The summed E-state index contributed by atoms with van der Waals surface area (Å²) >= 11 is 0. The van der Waals surface area contributed by atoms with Crippen LogP contribution in [0.5, 0.6) is 0 Å². The van der Waals surface area contributed by atoms with Gasteiger partial charge in [-0.15, -0.1) is 0 Å². The minimum atomic E-state index is -0.350. The van der Waals surface area contributed by atoms with E-state index in [0.29, 0.717) is 0 Å². The number of nitrogens with zero attached hydrogens (tertiary/aromatic N) is 3. The second-order valence-corrected chi connectivity index (χ2v) is 10.7. The van der Waals surface area contributed by atoms with E-state index in [2.05, 4.69) is 90.0 Å². The first-order valence-corrected chi connectivity index (χ1v) is 13.8. The molecule has 3 unspecified atom stereocenters. The van der Waals surface area contributed by atoms with Crippen molar-refractivity contribution in [3.63, 3.8) is 0 Å². The van der Waals surface area contributed by atoms with Crippen LogP contribution in [0.3, 0.4) is 0 Å². The maximum absolute atomic E-state index is 6.22. The predicted molar refractivity (Wildman–Crippen MR) is 162 cm³/mol. The first kappa shape index (κ1) is 23.0. The highest BCUT2D eigenvalue weighted by Crippen LogP contribution is 2.50. The molecule has 3 aliphatic rings. The maximum atomic E-state index is 6.22. The summed E-state index contributed by atoms with van der Waals surface area (Å²) in [4.78, 5) is 12.7. The zero-order valence-electron chi connectivity index (χ0n) is 22.4. The average Bonchev–Trinajstić information content (AvgIpc) is 3.49. The number of nitrogens with one attached hydrogen (secondary N) is 1. The lowest BCUT2D eigenvalue weighted by Crippen LogP contribution is -2.50. The van der Waals surface area contributed by atoms with Gasteiger partial charge in [-0.1, -0.05) is 97.1 Å². The van der Waals surface area contributed by atoms with Crippen molar-refractivity contribution in [3.05, 3.63) is 142 Å². The van der Waals surface area contributed by atoms with Crippen molar-refractivity contribution in [2.24, 2.45) is 9.98 Å². The minimum absolute atomic E-state index is 0.0654. The molecule has 0 spiro atoms. The molecule has 5 heteroatoms. The molecule has 1 aromatic heterocycles. The van der Waals surface area contributed by atoms with Gasteiger partial charge in [-0.05, 0) is 53.8 Å². The van der Waals surface area contributed by atoms with Crippen molar-refractivity contribution in [1.82, 2.24) is 5.32 Å². The van der Waals surface area contributed by atoms with Gasteiger partial charge in [-0.25, -0.2) is 9.98 Å². The first-order chi connectivity index (χ1) is 19.7. The highest BCUT2D eigenvalue weighted by Gasteiger charge is 2.44. The molecule has 1 aliphatic carbocycles. The van der Waals surface area contributed by atoms with E-state index in [0.717, 1.165) is 45.3 Å². The van der Waals surface area contributed by atoms with Crippen molar-refractivity contribution in [2.75, 3.05) is 4.90 Å². The van der Waals surface area contributed by atoms with Crippen molar-refractivity contribution < 1.29 is 4.42 Å². The molecule has 0 amide bonds. The van der Waals surface area contributed by atoms with E-state index in [-0.39, 0.29) is 18.1 Å². The topological polar surface area (TPSA) is 53.1 Å². The van der Waals surface area contributed by atoms with E-state index in [1.165, 1.54) is 22.3 Å². The van der Waals surface area contributed by atoms with E-state index in [9.17, 15) is 0 Å². The van der Waals surface area contributed by atoms with E-state index < -0.39 is 0 Å². The predicted octanol–water partition coefficient (Wildman–Crippen LogP) is 7.50. The number of rotatable bonds is 2. The molecular weight excluding hydrogens is 492 g/mol. The molecule has 1 N–H and O–H groups in total. The molecule has 8 rings (SSSR count). The number of aliphatic imine (C=N–C) groups is 2. The van der Waals surface area contributed by atoms with E-state index in [1.807, 2.05) is 43.3 Å². The highest BCUT2D eigenvalue weighted by atomic mass is 16.3. The lowest BCUT2D eigenvalue weighted by Gasteiger charge is -2.34. The van der Waals surface area contributed by atoms with Gasteiger partial charge in [0.25, 0.3) is 0 Å². The summed E-state index contributed by atoms with van der Waals surface area (Å²) in [6.07, 6.45) is 4.22. The number of furan rings is 1. The van der Waals surface area contributed by atoms with E-state index in [4.69, 9.17) is 14.4 Å². The van der Waals surface area contributed by atoms with Gasteiger partial charge in [0.05, 0.1) is 6.04 Å². The summed E-state index contributed by atoms with van der Waals surface area (Å²) in [5, 5.41) is 4.79. The molecular formula is C35H28N4O. The summed E-state index contributed by atoms with van der Waals surface area (Å²) in [6, 6.07) is 34.0. The molecule has 0 fully saturated rings. The van der Waals surface area contributed by atoms with Crippen LogP contribution in [0.25, 0.3) is 17.0 Å². The monoisotopic (exact) mass is 520 g/mol. The molecule has 40 heavy (non-hydrogen) atoms. The van der Waals surface area contributed by atoms with Gasteiger partial charge in [-0.3, -0.25) is 0 Å². The van der Waals surface area contributed by atoms with Crippen LogP contribution in [-0.4, -0.2) is 17.8 Å². The van der Waals surface area contributed by atoms with Gasteiger partial charge < -0.3 is 14.6 Å². The van der Waals surface area contributed by atoms with Crippen molar-refractivity contribution >= 4 is 34.5 Å². The molecule has 194 valence electrons. The highest BCUT2D eigenvalue weighted by molar-refractivity contribution is 6.16. The molecule has 0 saturated heterocycles. The number of hydrogen-bond donors (Lipinski definition) is 1. The fraction of sp³-hybridized carbons (Fsp3) is 0.143. The molecule has 0 saturated carbocycles. The Bertz CT molecular complexity index is 1870. The first-order valence-electron chi connectivity index (χ1n) is 13.8. The van der Waals surface area contributed by atoms with Crippen LogP contribution in [0.15, 0.2) is 118 Å². The largest absolute Gasteiger partial charge is 0.461 e. The zero-order valence-corrected chi connectivity index (χ0v) is 22.4. The van der Waals surface area contributed by atoms with Crippen LogP contribution >= 0.6 is 0 Å². The lowest BCUT2D eigenvalue weighted by molar-refractivity contribution is 0.574. The quantitative estimate of drug-likeness (QED) is 0.262. The van der Waals surface area contributed by atoms with Crippen LogP contribution < -0.4 is 10.2 Å². The SMILES string of the molecule is Cc1oc2cc3c(cc2c1C)N(C1=NC(c2ccccc2)N=C(c2ccccc2)N1)C1C=Cc2ccccc2C31. The number of benzene rings is 4. The molecule has 0 bridgehead atoms. The maximum Gasteiger partial charge on any atom is 0.207 e. The second-order valence-electron chi connectivity index (χ2n) is 10.7. The molecule has 0 radical (unpaired) electrons. The molecule has 5 aromatic rings. The summed E-state index contributed by atoms with van der Waals surface area (Å²) in [5.74, 6) is 2.74. The van der Waals surface area contributed by atoms with Crippen molar-refractivity contribution in [2.45, 2.75) is 32.0 Å². The third kappa shape index (κ3) is 3.47. The Morgan fingerprint density at radius 2 is 1.55 bits per heavy atom. The Kier molecular flexibility index (Phi) is 5.08. The van der Waals surface area contributed by atoms with Gasteiger partial charge in [0.15, 0.2) is 6.17 Å². The summed E-state index contributed by atoms with van der Waals surface area (Å²) < 4.78 is 6.22. The average molecular weight is 521 g/mol. The van der Waals surface area contributed by atoms with Gasteiger partial charge >= 0.3 is 0 Å². The number of guanidine groups is 1. The normalized spacial score (nSPS) is 20.9. The van der Waals surface area contributed by atoms with Gasteiger partial charge in [-0.2, -0.15) is 0 Å². The Morgan fingerprint density at radius 1 is 0.800 bits per heavy atom. The van der Waals surface area contributed by atoms with Crippen LogP contribution in [0, 0.1) is 13.8 Å². The number of hydrogen-bond acceptors (Lipinski definition) is 5. The molecule has 3 atom stereocenters. The van der Waals surface area contributed by atoms with E-state index in [1.54, 1.807) is 0 Å². The number of amidine groups is 1. The Labute approximate surface area is 233 Å². The minimum Gasteiger partial charge on any atom is -0.461 e. The Balaban J connectivity index is 1.34. The van der Waals surface area contributed by atoms with Gasteiger partial charge in [0, 0.05) is 22.6 Å². The second kappa shape index (κ2) is 8.82. The third-order valence-electron chi connectivity index (χ3n) is 8.46. The molecule has 4 aromatic carbocycles. The standard InChI is InChI=1S/C35H28N4O/c1-21-22(2)40-31-20-28-30(19-27(21)31)39(29-18-17-23-11-9-10-16-26(23)32(28)29)35-37-33(24-12-5-3-6-13-24)36-34(38-35)25-14-7-4-8-15-25/h3-20,29,32-33H,1-2H3,(H,36,37,38). The van der Waals surface area contributed by atoms with Crippen LogP contribution in [0.1, 0.15) is 51.2 Å². The zero-order chi connectivity index (χ0) is 26.8. The Hall–Kier alpha value is -4.90. The molecule has 5 nitrogen and oxygen atoms in total. The van der Waals surface area contributed by atoms with Crippen LogP contribution in [-0.2, 0) is 0 Å². The van der Waals surface area contributed by atoms with Crippen molar-refractivity contribution in [3.8, 4) is 0 Å². The summed E-state index contributed by atoms with van der Waals surface area (Å²) in [6.45, 7) is 4.18. The summed E-state index contributed by atoms with van der Waals surface area (Å²) in [5.41, 5.74) is 9.21. The number of fused-ring (bicyclic) bond motifs is 6. The van der Waals surface area contributed by atoms with Crippen LogP contribution in [0.4, 0.5) is 5.69 Å². The van der Waals surface area contributed by atoms with Crippen LogP contribution in [0.2, 0.25) is 0 Å². The van der Waals surface area contributed by atoms with Gasteiger partial charge in [0.2, 0.25) is 5.96 Å². The summed E-state index contributed by atoms with van der Waals surface area (Å²) in [7, 11) is 0. The third-order valence-corrected chi connectivity index (χ3v) is 8.46. The number of anilines is 1. The fourth-order valence-corrected chi connectivity index (χ4v) is 6.37. The molecule has 2 aliphatic heterocycles. The number of aryl methyl sites for hydroxylation is 2. The smallest absolute Gasteiger partial charge is 0.207 e.